The van der Waals surface area contributed by atoms with Crippen LogP contribution in [0.1, 0.15) is 5.56 Å². The van der Waals surface area contributed by atoms with Gasteiger partial charge in [-0.05, 0) is 36.2 Å². The largest absolute Gasteiger partial charge is 0.279 e. The number of anilines is 1. The number of hydrogen-bond donors (Lipinski definition) is 0. The van der Waals surface area contributed by atoms with E-state index in [4.69, 9.17) is 11.6 Å². The van der Waals surface area contributed by atoms with Crippen molar-refractivity contribution in [3.05, 3.63) is 29.8 Å². The van der Waals surface area contributed by atoms with E-state index in [0.717, 1.165) is 16.1 Å². The Kier molecular flexibility index (Phi) is 3.93. The molecule has 6 heteroatoms. The molecule has 1 aromatic carbocycles. The van der Waals surface area contributed by atoms with Gasteiger partial charge in [0.2, 0.25) is 15.3 Å². The summed E-state index contributed by atoms with van der Waals surface area (Å²) in [7, 11) is -3.50. The monoisotopic (exact) mass is 261 g/mol. The molecule has 0 N–H and O–H groups in total. The number of carbonyl (C=O) groups is 1. The number of halogens is 1. The highest BCUT2D eigenvalue weighted by molar-refractivity contribution is 7.92. The number of sulfonamides is 1. The minimum atomic E-state index is -3.50. The van der Waals surface area contributed by atoms with Crippen LogP contribution in [0.5, 0.6) is 0 Å². The maximum absolute atomic E-state index is 11.5. The van der Waals surface area contributed by atoms with Gasteiger partial charge in [0, 0.05) is 0 Å². The van der Waals surface area contributed by atoms with Crippen LogP contribution in [0.3, 0.4) is 0 Å². The normalized spacial score (nSPS) is 11.2. The summed E-state index contributed by atoms with van der Waals surface area (Å²) in [5, 5.41) is -0.716. The zero-order chi connectivity index (χ0) is 12.3. The fraction of sp³-hybridized carbons (Fsp3) is 0.300. The Morgan fingerprint density at radius 1 is 1.44 bits per heavy atom. The highest BCUT2D eigenvalue weighted by atomic mass is 35.5. The minimum absolute atomic E-state index is 0.357. The van der Waals surface area contributed by atoms with Gasteiger partial charge in [0.25, 0.3) is 0 Å². The van der Waals surface area contributed by atoms with E-state index >= 15 is 0 Å². The Bertz CT molecular complexity index is 499. The van der Waals surface area contributed by atoms with Crippen LogP contribution in [0.15, 0.2) is 24.3 Å². The zero-order valence-corrected chi connectivity index (χ0v) is 10.5. The van der Waals surface area contributed by atoms with Crippen molar-refractivity contribution in [3.8, 4) is 0 Å². The molecule has 0 aliphatic carbocycles. The third kappa shape index (κ3) is 3.50. The number of benzene rings is 1. The van der Waals surface area contributed by atoms with Crippen LogP contribution >= 0.6 is 11.6 Å². The molecule has 1 aromatic rings. The molecule has 0 saturated heterocycles. The molecule has 88 valence electrons. The Morgan fingerprint density at radius 3 is 2.50 bits per heavy atom. The van der Waals surface area contributed by atoms with E-state index in [2.05, 4.69) is 0 Å². The molecule has 0 aliphatic rings. The van der Waals surface area contributed by atoms with Crippen LogP contribution in [0.2, 0.25) is 0 Å². The second-order valence-corrected chi connectivity index (χ2v) is 5.79. The fourth-order valence-corrected chi connectivity index (χ4v) is 2.33. The van der Waals surface area contributed by atoms with Crippen LogP contribution in [-0.4, -0.2) is 26.5 Å². The predicted octanol–water partition coefficient (Wildman–Crippen LogP) is 1.53. The SMILES string of the molecule is Cc1cccc(N(CC(=O)Cl)S(C)(=O)=O)c1. The molecule has 0 unspecified atom stereocenters. The van der Waals surface area contributed by atoms with Crippen LogP contribution < -0.4 is 4.31 Å². The third-order valence-electron chi connectivity index (χ3n) is 1.96. The summed E-state index contributed by atoms with van der Waals surface area (Å²) in [6, 6.07) is 6.86. The molecule has 0 atom stereocenters. The van der Waals surface area contributed by atoms with Gasteiger partial charge in [-0.3, -0.25) is 9.10 Å². The van der Waals surface area contributed by atoms with Crippen molar-refractivity contribution in [2.24, 2.45) is 0 Å². The lowest BCUT2D eigenvalue weighted by Gasteiger charge is -2.20. The van der Waals surface area contributed by atoms with Gasteiger partial charge in [0.1, 0.15) is 6.54 Å². The maximum atomic E-state index is 11.5. The van der Waals surface area contributed by atoms with Crippen molar-refractivity contribution in [2.75, 3.05) is 17.1 Å². The molecular formula is C10H12ClNO3S. The molecule has 4 nitrogen and oxygen atoms in total. The molecule has 0 aromatic heterocycles. The van der Waals surface area contributed by atoms with E-state index in [9.17, 15) is 13.2 Å². The summed E-state index contributed by atoms with van der Waals surface area (Å²) in [5.41, 5.74) is 1.35. The van der Waals surface area contributed by atoms with Crippen molar-refractivity contribution >= 4 is 32.6 Å². The van der Waals surface area contributed by atoms with Gasteiger partial charge < -0.3 is 0 Å². The summed E-state index contributed by atoms with van der Waals surface area (Å²) in [6.07, 6.45) is 1.04. The van der Waals surface area contributed by atoms with E-state index in [1.807, 2.05) is 13.0 Å². The Morgan fingerprint density at radius 2 is 2.06 bits per heavy atom. The van der Waals surface area contributed by atoms with Crippen molar-refractivity contribution in [1.29, 1.82) is 0 Å². The zero-order valence-electron chi connectivity index (χ0n) is 8.97. The molecule has 0 heterocycles. The van der Waals surface area contributed by atoms with Crippen LogP contribution in [-0.2, 0) is 14.8 Å². The van der Waals surface area contributed by atoms with E-state index in [1.165, 1.54) is 0 Å². The molecule has 0 bridgehead atoms. The number of rotatable bonds is 4. The van der Waals surface area contributed by atoms with Gasteiger partial charge in [-0.2, -0.15) is 0 Å². The predicted molar refractivity (Wildman–Crippen MR) is 64.2 cm³/mol. The summed E-state index contributed by atoms with van der Waals surface area (Å²) < 4.78 is 24.0. The molecule has 16 heavy (non-hydrogen) atoms. The van der Waals surface area contributed by atoms with E-state index in [0.29, 0.717) is 5.69 Å². The van der Waals surface area contributed by atoms with Gasteiger partial charge in [-0.1, -0.05) is 12.1 Å². The van der Waals surface area contributed by atoms with E-state index < -0.39 is 15.3 Å². The van der Waals surface area contributed by atoms with Crippen molar-refractivity contribution in [2.45, 2.75) is 6.92 Å². The molecule has 0 spiro atoms. The highest BCUT2D eigenvalue weighted by Crippen LogP contribution is 2.18. The van der Waals surface area contributed by atoms with Crippen LogP contribution in [0, 0.1) is 6.92 Å². The van der Waals surface area contributed by atoms with Crippen molar-refractivity contribution in [3.63, 3.8) is 0 Å². The Labute approximate surface area is 99.9 Å². The van der Waals surface area contributed by atoms with Gasteiger partial charge in [0.05, 0.1) is 11.9 Å². The van der Waals surface area contributed by atoms with Crippen LogP contribution in [0.25, 0.3) is 0 Å². The summed E-state index contributed by atoms with van der Waals surface area (Å²) >= 11 is 5.22. The summed E-state index contributed by atoms with van der Waals surface area (Å²) in [4.78, 5) is 10.8. The molecule has 0 fully saturated rings. The van der Waals surface area contributed by atoms with Gasteiger partial charge in [0.15, 0.2) is 0 Å². The lowest BCUT2D eigenvalue weighted by Crippen LogP contribution is -2.33. The topological polar surface area (TPSA) is 54.5 Å². The number of hydrogen-bond acceptors (Lipinski definition) is 3. The minimum Gasteiger partial charge on any atom is -0.279 e. The second-order valence-electron chi connectivity index (χ2n) is 3.46. The van der Waals surface area contributed by atoms with E-state index in [1.54, 1.807) is 18.2 Å². The first-order valence-electron chi connectivity index (χ1n) is 4.53. The Hall–Kier alpha value is -1.07. The first-order chi connectivity index (χ1) is 7.30. The molecule has 0 aliphatic heterocycles. The number of nitrogens with zero attached hydrogens (tertiary/aromatic N) is 1. The molecule has 0 saturated carbocycles. The maximum Gasteiger partial charge on any atom is 0.242 e. The number of carbonyl (C=O) groups excluding carboxylic acids is 1. The lowest BCUT2D eigenvalue weighted by molar-refractivity contribution is -0.110. The van der Waals surface area contributed by atoms with Gasteiger partial charge in [-0.25, -0.2) is 8.42 Å². The third-order valence-corrected chi connectivity index (χ3v) is 3.22. The second kappa shape index (κ2) is 4.84. The first kappa shape index (κ1) is 13.0. The summed E-state index contributed by atoms with van der Waals surface area (Å²) in [6.45, 7) is 1.48. The summed E-state index contributed by atoms with van der Waals surface area (Å²) in [5.74, 6) is 0. The van der Waals surface area contributed by atoms with Crippen LogP contribution in [0.4, 0.5) is 5.69 Å². The Balaban J connectivity index is 3.16. The molecule has 1 rings (SSSR count). The van der Waals surface area contributed by atoms with E-state index in [-0.39, 0.29) is 6.54 Å². The van der Waals surface area contributed by atoms with Gasteiger partial charge in [-0.15, -0.1) is 0 Å². The smallest absolute Gasteiger partial charge is 0.242 e. The average molecular weight is 262 g/mol. The molecular weight excluding hydrogens is 250 g/mol. The average Bonchev–Trinajstić information content (AvgIpc) is 2.12. The standard InChI is InChI=1S/C10H12ClNO3S/c1-8-4-3-5-9(6-8)12(7-10(11)13)16(2,14)15/h3-6H,7H2,1-2H3. The molecule has 0 radical (unpaired) electrons. The van der Waals surface area contributed by atoms with Gasteiger partial charge >= 0.3 is 0 Å². The lowest BCUT2D eigenvalue weighted by atomic mass is 10.2. The molecule has 0 amide bonds. The first-order valence-corrected chi connectivity index (χ1v) is 6.76. The number of aryl methyl sites for hydroxylation is 1. The fourth-order valence-electron chi connectivity index (χ4n) is 1.30. The quantitative estimate of drug-likeness (QED) is 0.773. The van der Waals surface area contributed by atoms with Crippen molar-refractivity contribution in [1.82, 2.24) is 0 Å². The highest BCUT2D eigenvalue weighted by Gasteiger charge is 2.19. The van der Waals surface area contributed by atoms with Crippen molar-refractivity contribution < 1.29 is 13.2 Å².